The van der Waals surface area contributed by atoms with Gasteiger partial charge < -0.3 is 10.2 Å². The molecule has 18 heavy (non-hydrogen) atoms. The maximum atomic E-state index is 12.1. The summed E-state index contributed by atoms with van der Waals surface area (Å²) < 4.78 is 0. The van der Waals surface area contributed by atoms with Crippen LogP contribution in [0.1, 0.15) is 26.3 Å². The van der Waals surface area contributed by atoms with Crippen molar-refractivity contribution < 1.29 is 4.79 Å². The molecule has 1 amide bonds. The minimum Gasteiger partial charge on any atom is -0.349 e. The first-order valence-electron chi connectivity index (χ1n) is 5.86. The summed E-state index contributed by atoms with van der Waals surface area (Å²) in [5.41, 5.74) is 1.72. The summed E-state index contributed by atoms with van der Waals surface area (Å²) in [6.45, 7) is 2.08. The van der Waals surface area contributed by atoms with Gasteiger partial charge in [0.2, 0.25) is 0 Å². The van der Waals surface area contributed by atoms with Crippen LogP contribution in [0.25, 0.3) is 0 Å². The number of nitrogens with one attached hydrogen (secondary N) is 1. The Bertz CT molecular complexity index is 605. The fraction of sp³-hybridized carbons (Fsp3) is 0.214. The summed E-state index contributed by atoms with van der Waals surface area (Å²) in [7, 11) is 2.01. The van der Waals surface area contributed by atoms with E-state index in [0.29, 0.717) is 0 Å². The number of para-hydroxylation sites is 1. The second-order valence-corrected chi connectivity index (χ2v) is 5.77. The minimum absolute atomic E-state index is 0.000229. The van der Waals surface area contributed by atoms with Crippen molar-refractivity contribution in [2.75, 3.05) is 11.9 Å². The summed E-state index contributed by atoms with van der Waals surface area (Å²) in [5, 5.41) is 3.05. The van der Waals surface area contributed by atoms with Crippen LogP contribution < -0.4 is 10.2 Å². The van der Waals surface area contributed by atoms with Gasteiger partial charge in [-0.2, -0.15) is 0 Å². The Morgan fingerprint density at radius 2 is 2.00 bits per heavy atom. The van der Waals surface area contributed by atoms with Gasteiger partial charge in [0.05, 0.1) is 11.3 Å². The topological polar surface area (TPSA) is 32.3 Å². The highest BCUT2D eigenvalue weighted by Crippen LogP contribution is 2.33. The van der Waals surface area contributed by atoms with Crippen LogP contribution >= 0.6 is 11.3 Å². The third-order valence-corrected chi connectivity index (χ3v) is 4.27. The highest BCUT2D eigenvalue weighted by molar-refractivity contribution is 7.12. The monoisotopic (exact) mass is 258 g/mol. The standard InChI is InChI=1S/C14H14N2OS/c1-9-7-8-12(18-9)13-15-14(17)10-5-3-4-6-11(10)16(13)2/h3-8,13H,1-2H3,(H,15,17). The van der Waals surface area contributed by atoms with E-state index in [1.165, 1.54) is 4.88 Å². The third kappa shape index (κ3) is 1.69. The van der Waals surface area contributed by atoms with Crippen LogP contribution in [0.15, 0.2) is 36.4 Å². The van der Waals surface area contributed by atoms with Crippen molar-refractivity contribution in [1.29, 1.82) is 0 Å². The number of rotatable bonds is 1. The van der Waals surface area contributed by atoms with E-state index in [9.17, 15) is 4.79 Å². The molecule has 0 radical (unpaired) electrons. The van der Waals surface area contributed by atoms with Gasteiger partial charge >= 0.3 is 0 Å². The molecule has 1 unspecified atom stereocenters. The molecule has 92 valence electrons. The molecule has 3 rings (SSSR count). The number of nitrogens with zero attached hydrogens (tertiary/aromatic N) is 1. The van der Waals surface area contributed by atoms with E-state index in [2.05, 4.69) is 29.3 Å². The zero-order valence-electron chi connectivity index (χ0n) is 10.3. The van der Waals surface area contributed by atoms with Crippen molar-refractivity contribution in [2.45, 2.75) is 13.1 Å². The van der Waals surface area contributed by atoms with Crippen molar-refractivity contribution in [3.8, 4) is 0 Å². The predicted molar refractivity (Wildman–Crippen MR) is 74.1 cm³/mol. The predicted octanol–water partition coefficient (Wildman–Crippen LogP) is 2.93. The Labute approximate surface area is 110 Å². The summed E-state index contributed by atoms with van der Waals surface area (Å²) in [6.07, 6.45) is -0.0638. The number of thiophene rings is 1. The molecule has 2 heterocycles. The molecule has 0 saturated carbocycles. The maximum absolute atomic E-state index is 12.1. The maximum Gasteiger partial charge on any atom is 0.255 e. The number of hydrogen-bond donors (Lipinski definition) is 1. The van der Waals surface area contributed by atoms with Gasteiger partial charge in [0.25, 0.3) is 5.91 Å². The first kappa shape index (κ1) is 11.3. The number of carbonyl (C=O) groups is 1. The normalized spacial score (nSPS) is 18.4. The lowest BCUT2D eigenvalue weighted by Crippen LogP contribution is -2.44. The SMILES string of the molecule is Cc1ccc(C2NC(=O)c3ccccc3N2C)s1. The van der Waals surface area contributed by atoms with E-state index in [1.54, 1.807) is 11.3 Å². The Kier molecular flexibility index (Phi) is 2.59. The number of amides is 1. The Balaban J connectivity index is 2.04. The van der Waals surface area contributed by atoms with Crippen molar-refractivity contribution in [2.24, 2.45) is 0 Å². The fourth-order valence-corrected chi connectivity index (χ4v) is 3.25. The Hall–Kier alpha value is -1.81. The first-order chi connectivity index (χ1) is 8.66. The zero-order valence-corrected chi connectivity index (χ0v) is 11.1. The zero-order chi connectivity index (χ0) is 12.7. The van der Waals surface area contributed by atoms with Crippen LogP contribution in [-0.2, 0) is 0 Å². The van der Waals surface area contributed by atoms with Crippen LogP contribution in [0.5, 0.6) is 0 Å². The lowest BCUT2D eigenvalue weighted by molar-refractivity contribution is 0.0929. The van der Waals surface area contributed by atoms with Crippen LogP contribution in [0, 0.1) is 6.92 Å². The van der Waals surface area contributed by atoms with Crippen LogP contribution in [0.2, 0.25) is 0 Å². The van der Waals surface area contributed by atoms with Gasteiger partial charge in [-0.3, -0.25) is 4.79 Å². The van der Waals surface area contributed by atoms with E-state index >= 15 is 0 Å². The molecule has 3 nitrogen and oxygen atoms in total. The highest BCUT2D eigenvalue weighted by atomic mass is 32.1. The molecular formula is C14H14N2OS. The summed E-state index contributed by atoms with van der Waals surface area (Å²) in [4.78, 5) is 16.6. The van der Waals surface area contributed by atoms with Gasteiger partial charge in [0.1, 0.15) is 6.17 Å². The largest absolute Gasteiger partial charge is 0.349 e. The molecule has 0 fully saturated rings. The molecule has 0 spiro atoms. The molecule has 1 aliphatic rings. The molecular weight excluding hydrogens is 244 g/mol. The van der Waals surface area contributed by atoms with Gasteiger partial charge in [-0.1, -0.05) is 12.1 Å². The number of carbonyl (C=O) groups excluding carboxylic acids is 1. The van der Waals surface area contributed by atoms with Crippen LogP contribution in [0.3, 0.4) is 0 Å². The number of benzene rings is 1. The van der Waals surface area contributed by atoms with E-state index < -0.39 is 0 Å². The smallest absolute Gasteiger partial charge is 0.255 e. The molecule has 1 aliphatic heterocycles. The van der Waals surface area contributed by atoms with Gasteiger partial charge in [0, 0.05) is 16.8 Å². The van der Waals surface area contributed by atoms with Crippen LogP contribution in [0.4, 0.5) is 5.69 Å². The molecule has 0 saturated heterocycles. The van der Waals surface area contributed by atoms with Crippen molar-refractivity contribution in [3.05, 3.63) is 51.7 Å². The Morgan fingerprint density at radius 3 is 2.72 bits per heavy atom. The van der Waals surface area contributed by atoms with Crippen molar-refractivity contribution in [3.63, 3.8) is 0 Å². The fourth-order valence-electron chi connectivity index (χ4n) is 2.27. The Morgan fingerprint density at radius 1 is 1.22 bits per heavy atom. The summed E-state index contributed by atoms with van der Waals surface area (Å²) >= 11 is 1.72. The van der Waals surface area contributed by atoms with E-state index in [0.717, 1.165) is 16.1 Å². The second-order valence-electron chi connectivity index (χ2n) is 4.45. The van der Waals surface area contributed by atoms with Crippen LogP contribution in [-0.4, -0.2) is 13.0 Å². The van der Waals surface area contributed by atoms with Gasteiger partial charge in [0.15, 0.2) is 0 Å². The average molecular weight is 258 g/mol. The molecule has 0 bridgehead atoms. The number of anilines is 1. The number of aryl methyl sites for hydroxylation is 1. The van der Waals surface area contributed by atoms with E-state index in [1.807, 2.05) is 31.3 Å². The molecule has 2 aromatic rings. The molecule has 1 aromatic carbocycles. The van der Waals surface area contributed by atoms with Gasteiger partial charge in [-0.05, 0) is 31.2 Å². The summed E-state index contributed by atoms with van der Waals surface area (Å²) in [6, 6.07) is 11.9. The molecule has 4 heteroatoms. The quantitative estimate of drug-likeness (QED) is 0.853. The summed E-state index contributed by atoms with van der Waals surface area (Å²) in [5.74, 6) is -0.000229. The van der Waals surface area contributed by atoms with Crippen molar-refractivity contribution in [1.82, 2.24) is 5.32 Å². The molecule has 1 atom stereocenters. The molecule has 1 N–H and O–H groups in total. The number of fused-ring (bicyclic) bond motifs is 1. The highest BCUT2D eigenvalue weighted by Gasteiger charge is 2.29. The molecule has 1 aromatic heterocycles. The first-order valence-corrected chi connectivity index (χ1v) is 6.67. The van der Waals surface area contributed by atoms with Crippen molar-refractivity contribution >= 4 is 22.9 Å². The third-order valence-electron chi connectivity index (χ3n) is 3.21. The van der Waals surface area contributed by atoms with Gasteiger partial charge in [-0.15, -0.1) is 11.3 Å². The van der Waals surface area contributed by atoms with E-state index in [4.69, 9.17) is 0 Å². The van der Waals surface area contributed by atoms with E-state index in [-0.39, 0.29) is 12.1 Å². The average Bonchev–Trinajstić information content (AvgIpc) is 2.80. The minimum atomic E-state index is -0.0638. The second kappa shape index (κ2) is 4.14. The van der Waals surface area contributed by atoms with Gasteiger partial charge in [-0.25, -0.2) is 0 Å². The number of hydrogen-bond acceptors (Lipinski definition) is 3. The molecule has 0 aliphatic carbocycles. The lowest BCUT2D eigenvalue weighted by atomic mass is 10.1. The lowest BCUT2D eigenvalue weighted by Gasteiger charge is -2.35.